The summed E-state index contributed by atoms with van der Waals surface area (Å²) < 4.78 is 1.80. The first-order chi connectivity index (χ1) is 6.80. The van der Waals surface area contributed by atoms with Crippen molar-refractivity contribution in [2.24, 2.45) is 23.8 Å². The third-order valence-electron chi connectivity index (χ3n) is 4.32. The van der Waals surface area contributed by atoms with Crippen LogP contribution in [0, 0.1) is 16.7 Å². The van der Waals surface area contributed by atoms with Crippen LogP contribution in [0.2, 0.25) is 0 Å². The van der Waals surface area contributed by atoms with E-state index in [1.165, 1.54) is 0 Å². The summed E-state index contributed by atoms with van der Waals surface area (Å²) in [6, 6.07) is 0. The van der Waals surface area contributed by atoms with Crippen LogP contribution in [0.5, 0.6) is 0 Å². The van der Waals surface area contributed by atoms with Crippen molar-refractivity contribution in [3.8, 4) is 0 Å². The molecule has 2 rings (SSSR count). The molecule has 1 aliphatic carbocycles. The molecule has 1 heterocycles. The SMILES string of the molecule is Cn1ccnc1C(=O)C1C(C)(C)C1(C)C. The average molecular weight is 206 g/mol. The van der Waals surface area contributed by atoms with E-state index in [0.717, 1.165) is 0 Å². The van der Waals surface area contributed by atoms with E-state index >= 15 is 0 Å². The molecule has 0 radical (unpaired) electrons. The highest BCUT2D eigenvalue weighted by molar-refractivity contribution is 5.98. The Morgan fingerprint density at radius 1 is 1.33 bits per heavy atom. The van der Waals surface area contributed by atoms with Gasteiger partial charge in [0.2, 0.25) is 5.78 Å². The summed E-state index contributed by atoms with van der Waals surface area (Å²) in [5.74, 6) is 0.863. The molecule has 0 unspecified atom stereocenters. The maximum atomic E-state index is 12.2. The van der Waals surface area contributed by atoms with Crippen molar-refractivity contribution >= 4 is 5.78 Å². The number of ketones is 1. The standard InChI is InChI=1S/C12H18N2O/c1-11(2)9(12(11,3)4)8(15)10-13-6-7-14(10)5/h6-7,9H,1-5H3. The second kappa shape index (κ2) is 2.71. The van der Waals surface area contributed by atoms with E-state index in [2.05, 4.69) is 32.7 Å². The van der Waals surface area contributed by atoms with Gasteiger partial charge in [0.25, 0.3) is 0 Å². The Morgan fingerprint density at radius 3 is 2.20 bits per heavy atom. The largest absolute Gasteiger partial charge is 0.332 e. The van der Waals surface area contributed by atoms with Gasteiger partial charge in [-0.25, -0.2) is 4.98 Å². The third kappa shape index (κ3) is 1.18. The van der Waals surface area contributed by atoms with Crippen LogP contribution >= 0.6 is 0 Å². The van der Waals surface area contributed by atoms with Crippen molar-refractivity contribution in [3.63, 3.8) is 0 Å². The number of rotatable bonds is 2. The zero-order valence-corrected chi connectivity index (χ0v) is 10.0. The highest BCUT2D eigenvalue weighted by Gasteiger charge is 2.68. The van der Waals surface area contributed by atoms with Gasteiger partial charge in [0.05, 0.1) is 0 Å². The monoisotopic (exact) mass is 206 g/mol. The molecular weight excluding hydrogens is 188 g/mol. The normalized spacial score (nSPS) is 22.7. The number of aromatic nitrogens is 2. The van der Waals surface area contributed by atoms with Gasteiger partial charge in [-0.15, -0.1) is 0 Å². The molecular formula is C12H18N2O. The van der Waals surface area contributed by atoms with Crippen LogP contribution in [0.3, 0.4) is 0 Å². The van der Waals surface area contributed by atoms with Gasteiger partial charge in [0.1, 0.15) is 0 Å². The van der Waals surface area contributed by atoms with Gasteiger partial charge >= 0.3 is 0 Å². The topological polar surface area (TPSA) is 34.9 Å². The van der Waals surface area contributed by atoms with Gasteiger partial charge in [-0.1, -0.05) is 27.7 Å². The number of hydrogen-bond acceptors (Lipinski definition) is 2. The number of carbonyl (C=O) groups is 1. The second-order valence-electron chi connectivity index (χ2n) is 5.60. The summed E-state index contributed by atoms with van der Waals surface area (Å²) in [6.07, 6.45) is 3.49. The van der Waals surface area contributed by atoms with Crippen molar-refractivity contribution < 1.29 is 4.79 Å². The van der Waals surface area contributed by atoms with Crippen LogP contribution in [0.25, 0.3) is 0 Å². The molecule has 1 aliphatic rings. The Morgan fingerprint density at radius 2 is 1.87 bits per heavy atom. The Labute approximate surface area is 90.5 Å². The molecule has 0 spiro atoms. The molecule has 1 aromatic heterocycles. The van der Waals surface area contributed by atoms with E-state index in [-0.39, 0.29) is 22.5 Å². The first kappa shape index (κ1) is 10.4. The van der Waals surface area contributed by atoms with Crippen LogP contribution in [0.15, 0.2) is 12.4 Å². The highest BCUT2D eigenvalue weighted by atomic mass is 16.1. The van der Waals surface area contributed by atoms with Crippen LogP contribution in [-0.4, -0.2) is 15.3 Å². The molecule has 0 N–H and O–H groups in total. The summed E-state index contributed by atoms with van der Waals surface area (Å²) in [7, 11) is 1.86. The quantitative estimate of drug-likeness (QED) is 0.696. The van der Waals surface area contributed by atoms with E-state index in [4.69, 9.17) is 0 Å². The first-order valence-corrected chi connectivity index (χ1v) is 5.31. The second-order valence-corrected chi connectivity index (χ2v) is 5.60. The average Bonchev–Trinajstić information content (AvgIpc) is 2.48. The number of hydrogen-bond donors (Lipinski definition) is 0. The van der Waals surface area contributed by atoms with Crippen LogP contribution in [0.4, 0.5) is 0 Å². The Bertz CT molecular complexity index is 401. The van der Waals surface area contributed by atoms with Gasteiger partial charge < -0.3 is 4.57 Å². The summed E-state index contributed by atoms with van der Waals surface area (Å²) >= 11 is 0. The Kier molecular flexibility index (Phi) is 1.88. The molecule has 0 bridgehead atoms. The lowest BCUT2D eigenvalue weighted by Crippen LogP contribution is -2.13. The van der Waals surface area contributed by atoms with Crippen LogP contribution in [0.1, 0.15) is 38.3 Å². The van der Waals surface area contributed by atoms with Gasteiger partial charge in [0, 0.05) is 25.4 Å². The van der Waals surface area contributed by atoms with E-state index < -0.39 is 0 Å². The fraction of sp³-hybridized carbons (Fsp3) is 0.667. The maximum absolute atomic E-state index is 12.2. The lowest BCUT2D eigenvalue weighted by molar-refractivity contribution is 0.0931. The number of imidazole rings is 1. The first-order valence-electron chi connectivity index (χ1n) is 5.31. The predicted molar refractivity (Wildman–Crippen MR) is 58.6 cm³/mol. The van der Waals surface area contributed by atoms with E-state index in [0.29, 0.717) is 5.82 Å². The number of Topliss-reactive ketones (excluding diaryl/α,β-unsaturated/α-hetero) is 1. The van der Waals surface area contributed by atoms with Crippen molar-refractivity contribution in [1.82, 2.24) is 9.55 Å². The molecule has 3 heteroatoms. The molecule has 15 heavy (non-hydrogen) atoms. The summed E-state index contributed by atoms with van der Waals surface area (Å²) in [5, 5.41) is 0. The predicted octanol–water partition coefficient (Wildman–Crippen LogP) is 2.29. The number of nitrogens with zero attached hydrogens (tertiary/aromatic N) is 2. The molecule has 0 aliphatic heterocycles. The summed E-state index contributed by atoms with van der Waals surface area (Å²) in [5.41, 5.74) is 0.187. The highest BCUT2D eigenvalue weighted by Crippen LogP contribution is 2.69. The lowest BCUT2D eigenvalue weighted by atomic mass is 10.0. The van der Waals surface area contributed by atoms with Crippen molar-refractivity contribution in [3.05, 3.63) is 18.2 Å². The van der Waals surface area contributed by atoms with Gasteiger partial charge in [-0.2, -0.15) is 0 Å². The Balaban J connectivity index is 2.30. The summed E-state index contributed by atoms with van der Waals surface area (Å²) in [6.45, 7) is 8.61. The molecule has 0 saturated heterocycles. The maximum Gasteiger partial charge on any atom is 0.202 e. The fourth-order valence-corrected chi connectivity index (χ4v) is 2.58. The molecule has 3 nitrogen and oxygen atoms in total. The lowest BCUT2D eigenvalue weighted by Gasteiger charge is -2.03. The number of aryl methyl sites for hydroxylation is 1. The zero-order valence-electron chi connectivity index (χ0n) is 10.0. The molecule has 0 atom stereocenters. The molecule has 1 saturated carbocycles. The van der Waals surface area contributed by atoms with E-state index in [1.54, 1.807) is 10.8 Å². The molecule has 0 aromatic carbocycles. The van der Waals surface area contributed by atoms with Gasteiger partial charge in [-0.05, 0) is 10.8 Å². The Hall–Kier alpha value is -1.12. The minimum Gasteiger partial charge on any atom is -0.332 e. The smallest absolute Gasteiger partial charge is 0.202 e. The van der Waals surface area contributed by atoms with Crippen LogP contribution in [-0.2, 0) is 7.05 Å². The molecule has 1 fully saturated rings. The fourth-order valence-electron chi connectivity index (χ4n) is 2.58. The van der Waals surface area contributed by atoms with Gasteiger partial charge in [0.15, 0.2) is 5.82 Å². The van der Waals surface area contributed by atoms with Crippen LogP contribution < -0.4 is 0 Å². The minimum absolute atomic E-state index is 0.0933. The molecule has 1 aromatic rings. The molecule has 0 amide bonds. The van der Waals surface area contributed by atoms with Gasteiger partial charge in [-0.3, -0.25) is 4.79 Å². The minimum atomic E-state index is 0.0933. The molecule has 82 valence electrons. The van der Waals surface area contributed by atoms with E-state index in [1.807, 2.05) is 13.2 Å². The van der Waals surface area contributed by atoms with E-state index in [9.17, 15) is 4.79 Å². The van der Waals surface area contributed by atoms with Crippen molar-refractivity contribution in [1.29, 1.82) is 0 Å². The van der Waals surface area contributed by atoms with Crippen molar-refractivity contribution in [2.75, 3.05) is 0 Å². The van der Waals surface area contributed by atoms with Crippen molar-refractivity contribution in [2.45, 2.75) is 27.7 Å². The third-order valence-corrected chi connectivity index (χ3v) is 4.32. The number of carbonyl (C=O) groups excluding carboxylic acids is 1. The summed E-state index contributed by atoms with van der Waals surface area (Å²) in [4.78, 5) is 16.4. The zero-order chi connectivity index (χ0) is 11.4.